The second-order valence-electron chi connectivity index (χ2n) is 5.43. The first kappa shape index (κ1) is 20.2. The second kappa shape index (κ2) is 9.57. The zero-order chi connectivity index (χ0) is 20.5. The summed E-state index contributed by atoms with van der Waals surface area (Å²) in [7, 11) is 0. The lowest BCUT2D eigenvalue weighted by atomic mass is 9.94. The van der Waals surface area contributed by atoms with Crippen LogP contribution in [-0.4, -0.2) is 24.1 Å². The van der Waals surface area contributed by atoms with E-state index in [4.69, 9.17) is 11.5 Å². The van der Waals surface area contributed by atoms with Gasteiger partial charge in [0, 0.05) is 0 Å². The van der Waals surface area contributed by atoms with E-state index < -0.39 is 36.2 Å². The van der Waals surface area contributed by atoms with Crippen LogP contribution in [0.25, 0.3) is 0 Å². The number of amidine groups is 4. The Labute approximate surface area is 160 Å². The van der Waals surface area contributed by atoms with Gasteiger partial charge in [0.2, 0.25) is 0 Å². The summed E-state index contributed by atoms with van der Waals surface area (Å²) in [6, 6.07) is 10.2. The molecule has 10 nitrogen and oxygen atoms in total. The molecule has 0 bridgehead atoms. The standard InChI is InChI=1S/C18H20N6O4/c19-15(25)23-17(27)21-13(11-7-3-1-4-8-11)14(12-9-5-2-6-10-12)22-18(28)24-16(20)26/h1-10,13-14H,(H4,19,21,23,25,27)(H4,20,22,24,26,28)/p-4. The molecule has 28 heavy (non-hydrogen) atoms. The maximum absolute atomic E-state index is 12.0. The Morgan fingerprint density at radius 3 is 1.21 bits per heavy atom. The highest BCUT2D eigenvalue weighted by Crippen LogP contribution is 2.35. The summed E-state index contributed by atoms with van der Waals surface area (Å²) in [5.74, 6) is 0. The van der Waals surface area contributed by atoms with Crippen LogP contribution >= 0.6 is 0 Å². The molecular weight excluding hydrogens is 364 g/mol. The van der Waals surface area contributed by atoms with Crippen molar-refractivity contribution in [3.8, 4) is 0 Å². The SMILES string of the molecule is NC([O-])=NC([O-])=NC(c1ccccc1)C(N=C([O-])N=C(N)[O-])c1ccccc1. The molecule has 0 saturated heterocycles. The molecule has 2 atom stereocenters. The summed E-state index contributed by atoms with van der Waals surface area (Å²) < 4.78 is 0. The Morgan fingerprint density at radius 2 is 0.929 bits per heavy atom. The van der Waals surface area contributed by atoms with Crippen LogP contribution in [-0.2, 0) is 0 Å². The lowest BCUT2D eigenvalue weighted by Gasteiger charge is -2.25. The summed E-state index contributed by atoms with van der Waals surface area (Å²) in [6.07, 6.45) is 0. The lowest BCUT2D eigenvalue weighted by molar-refractivity contribution is -0.230. The van der Waals surface area contributed by atoms with E-state index in [1.54, 1.807) is 60.7 Å². The van der Waals surface area contributed by atoms with Gasteiger partial charge in [0.15, 0.2) is 0 Å². The summed E-state index contributed by atoms with van der Waals surface area (Å²) in [4.78, 5) is 13.9. The van der Waals surface area contributed by atoms with E-state index in [2.05, 4.69) is 20.0 Å². The fourth-order valence-corrected chi connectivity index (χ4v) is 2.44. The van der Waals surface area contributed by atoms with Gasteiger partial charge >= 0.3 is 0 Å². The maximum atomic E-state index is 12.0. The highest BCUT2D eigenvalue weighted by molar-refractivity contribution is 5.84. The molecule has 146 valence electrons. The predicted octanol–water partition coefficient (Wildman–Crippen LogP) is -2.75. The fraction of sp³-hybridized carbons (Fsp3) is 0.111. The summed E-state index contributed by atoms with van der Waals surface area (Å²) >= 11 is 0. The Hall–Kier alpha value is -4.08. The molecule has 0 aliphatic heterocycles. The number of hydrogen-bond acceptors (Lipinski definition) is 6. The fourth-order valence-electron chi connectivity index (χ4n) is 2.44. The van der Waals surface area contributed by atoms with Crippen LogP contribution < -0.4 is 31.9 Å². The molecule has 0 aliphatic carbocycles. The van der Waals surface area contributed by atoms with Crippen molar-refractivity contribution in [1.29, 1.82) is 0 Å². The third-order valence-electron chi connectivity index (χ3n) is 3.49. The van der Waals surface area contributed by atoms with Crippen LogP contribution in [0.1, 0.15) is 23.2 Å². The zero-order valence-electron chi connectivity index (χ0n) is 14.5. The molecule has 10 heteroatoms. The first-order valence-corrected chi connectivity index (χ1v) is 7.98. The van der Waals surface area contributed by atoms with Gasteiger partial charge in [0.25, 0.3) is 0 Å². The number of nitrogens with zero attached hydrogens (tertiary/aromatic N) is 4. The Bertz CT molecular complexity index is 813. The molecule has 0 spiro atoms. The van der Waals surface area contributed by atoms with E-state index in [1.807, 2.05) is 0 Å². The van der Waals surface area contributed by atoms with Gasteiger partial charge in [-0.1, -0.05) is 60.7 Å². The molecule has 0 aliphatic rings. The van der Waals surface area contributed by atoms with Crippen molar-refractivity contribution >= 4 is 24.1 Å². The highest BCUT2D eigenvalue weighted by atomic mass is 16.3. The lowest BCUT2D eigenvalue weighted by Crippen LogP contribution is -2.32. The van der Waals surface area contributed by atoms with E-state index in [1.165, 1.54) is 0 Å². The van der Waals surface area contributed by atoms with Gasteiger partial charge in [-0.15, -0.1) is 0 Å². The van der Waals surface area contributed by atoms with E-state index in [0.717, 1.165) is 0 Å². The van der Waals surface area contributed by atoms with E-state index in [0.29, 0.717) is 11.1 Å². The van der Waals surface area contributed by atoms with Gasteiger partial charge in [-0.2, -0.15) is 0 Å². The van der Waals surface area contributed by atoms with E-state index in [-0.39, 0.29) is 0 Å². The van der Waals surface area contributed by atoms with Crippen LogP contribution in [0.4, 0.5) is 0 Å². The molecule has 0 amide bonds. The number of hydrogen-bond donors (Lipinski definition) is 2. The van der Waals surface area contributed by atoms with Crippen LogP contribution in [0.2, 0.25) is 0 Å². The van der Waals surface area contributed by atoms with Crippen molar-refractivity contribution in [2.45, 2.75) is 12.1 Å². The molecule has 4 N–H and O–H groups in total. The van der Waals surface area contributed by atoms with Gasteiger partial charge in [0.05, 0.1) is 24.1 Å². The number of nitrogens with two attached hydrogens (primary N) is 2. The summed E-state index contributed by atoms with van der Waals surface area (Å²) in [5.41, 5.74) is 10.8. The molecule has 2 aromatic rings. The van der Waals surface area contributed by atoms with Crippen LogP contribution in [0.5, 0.6) is 0 Å². The minimum Gasteiger partial charge on any atom is -0.846 e. The predicted molar refractivity (Wildman–Crippen MR) is 96.5 cm³/mol. The van der Waals surface area contributed by atoms with Crippen molar-refractivity contribution in [3.63, 3.8) is 0 Å². The van der Waals surface area contributed by atoms with Crippen LogP contribution in [0, 0.1) is 0 Å². The number of benzene rings is 2. The minimum absolute atomic E-state index is 0.514. The smallest absolute Gasteiger partial charge is 0.103 e. The minimum atomic E-state index is -1.20. The molecule has 0 radical (unpaired) electrons. The topological polar surface area (TPSA) is 194 Å². The Kier molecular flexibility index (Phi) is 6.92. The average molecular weight is 380 g/mol. The first-order chi connectivity index (χ1) is 13.4. The Balaban J connectivity index is 2.64. The van der Waals surface area contributed by atoms with Crippen molar-refractivity contribution in [2.24, 2.45) is 31.4 Å². The Morgan fingerprint density at radius 1 is 0.607 bits per heavy atom. The summed E-state index contributed by atoms with van der Waals surface area (Å²) in [5, 5.41) is 45.8. The van der Waals surface area contributed by atoms with Crippen LogP contribution in [0.15, 0.2) is 80.6 Å². The van der Waals surface area contributed by atoms with Gasteiger partial charge in [0.1, 0.15) is 12.1 Å². The average Bonchev–Trinajstić information content (AvgIpc) is 2.65. The molecule has 2 aromatic carbocycles. The maximum Gasteiger partial charge on any atom is 0.103 e. The molecule has 2 rings (SSSR count). The van der Waals surface area contributed by atoms with Crippen molar-refractivity contribution in [2.75, 3.05) is 0 Å². The number of rotatable bonds is 5. The van der Waals surface area contributed by atoms with Gasteiger partial charge in [-0.3, -0.25) is 9.98 Å². The molecular formula is C18H16N6O4-4. The second-order valence-corrected chi connectivity index (χ2v) is 5.43. The third kappa shape index (κ3) is 6.02. The zero-order valence-corrected chi connectivity index (χ0v) is 14.5. The van der Waals surface area contributed by atoms with Crippen LogP contribution in [0.3, 0.4) is 0 Å². The molecule has 0 saturated carbocycles. The van der Waals surface area contributed by atoms with E-state index >= 15 is 0 Å². The van der Waals surface area contributed by atoms with Crippen molar-refractivity contribution < 1.29 is 20.4 Å². The van der Waals surface area contributed by atoms with Crippen molar-refractivity contribution in [1.82, 2.24) is 0 Å². The highest BCUT2D eigenvalue weighted by Gasteiger charge is 2.23. The van der Waals surface area contributed by atoms with Crippen molar-refractivity contribution in [3.05, 3.63) is 71.8 Å². The molecule has 0 heterocycles. The van der Waals surface area contributed by atoms with E-state index in [9.17, 15) is 20.4 Å². The molecule has 0 aromatic heterocycles. The number of aliphatic imine (C=N–C) groups is 4. The van der Waals surface area contributed by atoms with Gasteiger partial charge in [-0.05, 0) is 11.1 Å². The van der Waals surface area contributed by atoms with Gasteiger partial charge in [-0.25, -0.2) is 9.98 Å². The third-order valence-corrected chi connectivity index (χ3v) is 3.49. The normalized spacial score (nSPS) is 15.9. The molecule has 0 fully saturated rings. The molecule has 2 unspecified atom stereocenters. The largest absolute Gasteiger partial charge is 0.846 e. The monoisotopic (exact) mass is 380 g/mol. The van der Waals surface area contributed by atoms with Gasteiger partial charge < -0.3 is 31.9 Å². The quantitative estimate of drug-likeness (QED) is 0.417. The summed E-state index contributed by atoms with van der Waals surface area (Å²) in [6.45, 7) is 0. The first-order valence-electron chi connectivity index (χ1n) is 7.98.